The van der Waals surface area contributed by atoms with Crippen molar-refractivity contribution >= 4 is 11.6 Å². The Kier molecular flexibility index (Phi) is 5.28. The lowest BCUT2D eigenvalue weighted by Crippen LogP contribution is -2.36. The maximum absolute atomic E-state index is 14.4. The van der Waals surface area contributed by atoms with Crippen molar-refractivity contribution in [2.75, 3.05) is 0 Å². The summed E-state index contributed by atoms with van der Waals surface area (Å²) in [6.07, 6.45) is -4.91. The second-order valence-corrected chi connectivity index (χ2v) is 6.12. The highest BCUT2D eigenvalue weighted by molar-refractivity contribution is 6.30. The van der Waals surface area contributed by atoms with Crippen LogP contribution in [0.15, 0.2) is 58.1 Å². The summed E-state index contributed by atoms with van der Waals surface area (Å²) in [7, 11) is 0. The van der Waals surface area contributed by atoms with E-state index in [1.54, 1.807) is 24.3 Å². The zero-order chi connectivity index (χ0) is 20.5. The molecule has 28 heavy (non-hydrogen) atoms. The Morgan fingerprint density at radius 3 is 2.29 bits per heavy atom. The minimum absolute atomic E-state index is 0.104. The summed E-state index contributed by atoms with van der Waals surface area (Å²) in [6.45, 7) is 0.108. The van der Waals surface area contributed by atoms with Gasteiger partial charge in [-0.1, -0.05) is 23.7 Å². The van der Waals surface area contributed by atoms with Gasteiger partial charge in [0.2, 0.25) is 0 Å². The molecule has 3 aromatic rings. The zero-order valence-electron chi connectivity index (χ0n) is 13.9. The van der Waals surface area contributed by atoms with E-state index in [-0.39, 0.29) is 23.0 Å². The number of ether oxygens (including phenoxy) is 1. The summed E-state index contributed by atoms with van der Waals surface area (Å²) in [6, 6.07) is 10.2. The van der Waals surface area contributed by atoms with Crippen molar-refractivity contribution in [1.82, 2.24) is 9.55 Å². The first kappa shape index (κ1) is 19.7. The van der Waals surface area contributed by atoms with Crippen molar-refractivity contribution in [2.45, 2.75) is 12.8 Å². The Labute approximate surface area is 159 Å². The summed E-state index contributed by atoms with van der Waals surface area (Å²) in [5, 5.41) is 0.548. The van der Waals surface area contributed by atoms with E-state index in [2.05, 4.69) is 0 Å². The molecule has 1 heterocycles. The largest absolute Gasteiger partial charge is 0.489 e. The van der Waals surface area contributed by atoms with Crippen LogP contribution >= 0.6 is 11.6 Å². The fraction of sp³-hybridized carbons (Fsp3) is 0.111. The van der Waals surface area contributed by atoms with Gasteiger partial charge in [0.05, 0.1) is 5.69 Å². The second-order valence-electron chi connectivity index (χ2n) is 5.69. The molecule has 0 fully saturated rings. The molecule has 0 aliphatic carbocycles. The lowest BCUT2D eigenvalue weighted by Gasteiger charge is -2.11. The molecule has 0 unspecified atom stereocenters. The molecule has 0 saturated heterocycles. The molecule has 1 aromatic heterocycles. The average molecular weight is 415 g/mol. The van der Waals surface area contributed by atoms with Crippen LogP contribution in [0.5, 0.6) is 5.75 Å². The number of nitrogens with one attached hydrogen (secondary N) is 1. The molecular formula is C18H11ClF4N2O3. The predicted molar refractivity (Wildman–Crippen MR) is 93.4 cm³/mol. The zero-order valence-corrected chi connectivity index (χ0v) is 14.6. The summed E-state index contributed by atoms with van der Waals surface area (Å²) >= 11 is 5.78. The quantitative estimate of drug-likeness (QED) is 0.658. The topological polar surface area (TPSA) is 64.1 Å². The molecule has 0 amide bonds. The first-order valence-electron chi connectivity index (χ1n) is 7.76. The van der Waals surface area contributed by atoms with Crippen molar-refractivity contribution in [2.24, 2.45) is 0 Å². The minimum Gasteiger partial charge on any atom is -0.489 e. The SMILES string of the molecule is O=c1cc(C(F)(F)F)[nH]c(=O)n1-c1ccc(OCc2ccc(Cl)cc2)cc1F. The van der Waals surface area contributed by atoms with E-state index in [0.717, 1.165) is 17.7 Å². The van der Waals surface area contributed by atoms with Crippen molar-refractivity contribution in [3.63, 3.8) is 0 Å². The van der Waals surface area contributed by atoms with Crippen LogP contribution in [0.2, 0.25) is 5.02 Å². The van der Waals surface area contributed by atoms with Gasteiger partial charge >= 0.3 is 11.9 Å². The lowest BCUT2D eigenvalue weighted by molar-refractivity contribution is -0.141. The Morgan fingerprint density at radius 2 is 1.71 bits per heavy atom. The van der Waals surface area contributed by atoms with E-state index < -0.39 is 34.6 Å². The fourth-order valence-corrected chi connectivity index (χ4v) is 2.51. The van der Waals surface area contributed by atoms with Gasteiger partial charge in [0.15, 0.2) is 5.82 Å². The molecule has 0 spiro atoms. The number of H-pyrrole nitrogens is 1. The summed E-state index contributed by atoms with van der Waals surface area (Å²) in [5.74, 6) is -0.909. The third-order valence-corrected chi connectivity index (χ3v) is 3.97. The first-order chi connectivity index (χ1) is 13.1. The van der Waals surface area contributed by atoms with Crippen molar-refractivity contribution in [3.05, 3.63) is 91.5 Å². The number of hydrogen-bond acceptors (Lipinski definition) is 3. The summed E-state index contributed by atoms with van der Waals surface area (Å²) < 4.78 is 58.0. The number of benzene rings is 2. The van der Waals surface area contributed by atoms with Crippen LogP contribution in [0.1, 0.15) is 11.3 Å². The summed E-state index contributed by atoms with van der Waals surface area (Å²) in [4.78, 5) is 25.3. The van der Waals surface area contributed by atoms with E-state index in [0.29, 0.717) is 5.02 Å². The van der Waals surface area contributed by atoms with Crippen molar-refractivity contribution < 1.29 is 22.3 Å². The normalized spacial score (nSPS) is 11.5. The molecule has 1 N–H and O–H groups in total. The van der Waals surface area contributed by atoms with Crippen LogP contribution in [0.4, 0.5) is 17.6 Å². The molecule has 5 nitrogen and oxygen atoms in total. The van der Waals surface area contributed by atoms with Gasteiger partial charge < -0.3 is 9.72 Å². The lowest BCUT2D eigenvalue weighted by atomic mass is 10.2. The van der Waals surface area contributed by atoms with Crippen LogP contribution in [-0.2, 0) is 12.8 Å². The van der Waals surface area contributed by atoms with Gasteiger partial charge in [0, 0.05) is 17.2 Å². The van der Waals surface area contributed by atoms with Crippen LogP contribution in [-0.4, -0.2) is 9.55 Å². The predicted octanol–water partition coefficient (Wildman–Crippen LogP) is 3.92. The Balaban J connectivity index is 1.88. The van der Waals surface area contributed by atoms with Crippen LogP contribution in [0.3, 0.4) is 0 Å². The number of aromatic amines is 1. The molecule has 0 atom stereocenters. The number of hydrogen-bond donors (Lipinski definition) is 1. The van der Waals surface area contributed by atoms with Crippen molar-refractivity contribution in [1.29, 1.82) is 0 Å². The molecule has 0 saturated carbocycles. The van der Waals surface area contributed by atoms with Crippen molar-refractivity contribution in [3.8, 4) is 11.4 Å². The maximum Gasteiger partial charge on any atom is 0.431 e. The Morgan fingerprint density at radius 1 is 1.04 bits per heavy atom. The molecule has 3 rings (SSSR count). The first-order valence-corrected chi connectivity index (χ1v) is 8.14. The maximum atomic E-state index is 14.4. The van der Waals surface area contributed by atoms with Gasteiger partial charge in [-0.15, -0.1) is 0 Å². The minimum atomic E-state index is -4.91. The number of rotatable bonds is 4. The van der Waals surface area contributed by atoms with Gasteiger partial charge in [0.1, 0.15) is 18.1 Å². The highest BCUT2D eigenvalue weighted by Crippen LogP contribution is 2.26. The monoisotopic (exact) mass is 414 g/mol. The van der Waals surface area contributed by atoms with Crippen LogP contribution < -0.4 is 16.0 Å². The van der Waals surface area contributed by atoms with Gasteiger partial charge in [-0.2, -0.15) is 13.2 Å². The van der Waals surface area contributed by atoms with Gasteiger partial charge in [-0.05, 0) is 29.8 Å². The second kappa shape index (κ2) is 7.51. The van der Waals surface area contributed by atoms with Crippen LogP contribution in [0, 0.1) is 5.82 Å². The standard InChI is InChI=1S/C18H11ClF4N2O3/c19-11-3-1-10(2-4-11)9-28-12-5-6-14(13(20)7-12)25-16(26)8-15(18(21,22)23)24-17(25)27/h1-8H,9H2,(H,24,27). The van der Waals surface area contributed by atoms with Gasteiger partial charge in [0.25, 0.3) is 5.56 Å². The fourth-order valence-electron chi connectivity index (χ4n) is 2.38. The number of halogens is 5. The molecule has 0 radical (unpaired) electrons. The number of nitrogens with zero attached hydrogens (tertiary/aromatic N) is 1. The number of alkyl halides is 3. The molecule has 0 aliphatic rings. The highest BCUT2D eigenvalue weighted by atomic mass is 35.5. The average Bonchev–Trinajstić information content (AvgIpc) is 2.61. The molecule has 0 aliphatic heterocycles. The third-order valence-electron chi connectivity index (χ3n) is 3.72. The molecule has 10 heteroatoms. The smallest absolute Gasteiger partial charge is 0.431 e. The van der Waals surface area contributed by atoms with E-state index in [1.807, 2.05) is 0 Å². The summed E-state index contributed by atoms with van der Waals surface area (Å²) in [5.41, 5.74) is -3.97. The Bertz CT molecular complexity index is 1090. The van der Waals surface area contributed by atoms with Gasteiger partial charge in [-0.3, -0.25) is 4.79 Å². The van der Waals surface area contributed by atoms with E-state index in [1.165, 1.54) is 11.1 Å². The molecule has 0 bridgehead atoms. The Hall–Kier alpha value is -3.07. The molecule has 2 aromatic carbocycles. The number of aromatic nitrogens is 2. The van der Waals surface area contributed by atoms with E-state index in [4.69, 9.17) is 16.3 Å². The molecule has 146 valence electrons. The van der Waals surface area contributed by atoms with E-state index in [9.17, 15) is 27.2 Å². The third kappa shape index (κ3) is 4.25. The molecular weight excluding hydrogens is 404 g/mol. The van der Waals surface area contributed by atoms with Crippen LogP contribution in [0.25, 0.3) is 5.69 Å². The van der Waals surface area contributed by atoms with E-state index >= 15 is 0 Å². The van der Waals surface area contributed by atoms with Gasteiger partial charge in [-0.25, -0.2) is 13.8 Å². The highest BCUT2D eigenvalue weighted by Gasteiger charge is 2.33.